The van der Waals surface area contributed by atoms with Crippen molar-refractivity contribution >= 4 is 23.0 Å². The number of nitriles is 1. The molecule has 0 amide bonds. The third kappa shape index (κ3) is 4.93. The molecule has 10 heteroatoms. The summed E-state index contributed by atoms with van der Waals surface area (Å²) in [5.41, 5.74) is 4.57. The summed E-state index contributed by atoms with van der Waals surface area (Å²) in [6.45, 7) is 4.92. The molecule has 182 valence electrons. The Morgan fingerprint density at radius 1 is 1.22 bits per heavy atom. The van der Waals surface area contributed by atoms with E-state index in [-0.39, 0.29) is 22.9 Å². The number of benzene rings is 1. The lowest BCUT2D eigenvalue weighted by molar-refractivity contribution is -0.254. The highest BCUT2D eigenvalue weighted by molar-refractivity contribution is 7.12. The van der Waals surface area contributed by atoms with Gasteiger partial charge in [-0.15, -0.1) is 11.3 Å². The molecule has 4 aromatic rings. The van der Waals surface area contributed by atoms with Crippen molar-refractivity contribution < 1.29 is 23.9 Å². The van der Waals surface area contributed by atoms with Gasteiger partial charge >= 0.3 is 0 Å². The van der Waals surface area contributed by atoms with Gasteiger partial charge in [-0.2, -0.15) is 5.26 Å². The van der Waals surface area contributed by atoms with Crippen LogP contribution in [0, 0.1) is 18.3 Å². The fraction of sp³-hybridized carbons (Fsp3) is 0.231. The molecule has 1 fully saturated rings. The average Bonchev–Trinajstić information content (AvgIpc) is 3.57. The molecule has 36 heavy (non-hydrogen) atoms. The van der Waals surface area contributed by atoms with E-state index in [1.807, 2.05) is 24.3 Å². The first-order chi connectivity index (χ1) is 17.5. The number of carbonyl (C=O) groups excluding carboxylic acids is 1. The van der Waals surface area contributed by atoms with E-state index in [4.69, 9.17) is 14.0 Å². The number of thiophene rings is 1. The molecule has 1 aliphatic rings. The van der Waals surface area contributed by atoms with Crippen LogP contribution in [0.4, 0.5) is 5.69 Å². The zero-order valence-electron chi connectivity index (χ0n) is 19.4. The SMILES string of the molecule is Cc1cc(-c2cc(-c3ccc(N4CCOCC4)cc3)nc(OCc3csc(C(=O)[O-])c3)c2C#N)on1. The second-order valence-corrected chi connectivity index (χ2v) is 9.13. The Morgan fingerprint density at radius 2 is 2.00 bits per heavy atom. The first kappa shape index (κ1) is 23.5. The lowest BCUT2D eigenvalue weighted by Gasteiger charge is -2.28. The minimum Gasteiger partial charge on any atom is -0.544 e. The van der Waals surface area contributed by atoms with Crippen LogP contribution in [0.3, 0.4) is 0 Å². The number of carboxylic acid groups (broad SMARTS) is 1. The van der Waals surface area contributed by atoms with Gasteiger partial charge in [0.2, 0.25) is 5.88 Å². The molecule has 0 bridgehead atoms. The quantitative estimate of drug-likeness (QED) is 0.374. The average molecular weight is 502 g/mol. The second kappa shape index (κ2) is 10.2. The summed E-state index contributed by atoms with van der Waals surface area (Å²) in [7, 11) is 0. The van der Waals surface area contributed by atoms with Crippen LogP contribution in [0.1, 0.15) is 26.5 Å². The summed E-state index contributed by atoms with van der Waals surface area (Å²) in [5.74, 6) is -0.692. The van der Waals surface area contributed by atoms with Crippen molar-refractivity contribution in [2.24, 2.45) is 0 Å². The van der Waals surface area contributed by atoms with Crippen molar-refractivity contribution in [3.63, 3.8) is 0 Å². The van der Waals surface area contributed by atoms with Crippen LogP contribution >= 0.6 is 11.3 Å². The summed E-state index contributed by atoms with van der Waals surface area (Å²) in [5, 5.41) is 26.7. The van der Waals surface area contributed by atoms with E-state index in [1.54, 1.807) is 24.4 Å². The molecular formula is C26H21N4O5S-. The van der Waals surface area contributed by atoms with Gasteiger partial charge in [0.1, 0.15) is 18.2 Å². The van der Waals surface area contributed by atoms with Crippen LogP contribution in [-0.2, 0) is 11.3 Å². The summed E-state index contributed by atoms with van der Waals surface area (Å²) in [6, 6.07) is 15.2. The molecule has 0 saturated carbocycles. The number of morpholine rings is 1. The number of pyridine rings is 1. The topological polar surface area (TPSA) is 125 Å². The zero-order chi connectivity index (χ0) is 25.1. The van der Waals surface area contributed by atoms with Crippen LogP contribution in [0.2, 0.25) is 0 Å². The van der Waals surface area contributed by atoms with Crippen LogP contribution in [0.5, 0.6) is 5.88 Å². The van der Waals surface area contributed by atoms with E-state index in [2.05, 4.69) is 21.1 Å². The fourth-order valence-electron chi connectivity index (χ4n) is 3.94. The number of hydrogen-bond acceptors (Lipinski definition) is 10. The van der Waals surface area contributed by atoms with E-state index in [0.717, 1.165) is 35.7 Å². The van der Waals surface area contributed by atoms with Crippen molar-refractivity contribution in [3.8, 4) is 34.5 Å². The molecule has 4 heterocycles. The number of carboxylic acids is 1. The van der Waals surface area contributed by atoms with Gasteiger partial charge in [0.25, 0.3) is 0 Å². The third-order valence-electron chi connectivity index (χ3n) is 5.76. The van der Waals surface area contributed by atoms with Gasteiger partial charge in [-0.1, -0.05) is 17.3 Å². The minimum absolute atomic E-state index is 0.0414. The van der Waals surface area contributed by atoms with Gasteiger partial charge in [0, 0.05) is 41.5 Å². The summed E-state index contributed by atoms with van der Waals surface area (Å²) in [6.07, 6.45) is 0. The molecule has 3 aromatic heterocycles. The van der Waals surface area contributed by atoms with Crippen molar-refractivity contribution in [1.29, 1.82) is 5.26 Å². The number of carbonyl (C=O) groups is 1. The molecule has 0 unspecified atom stereocenters. The Hall–Kier alpha value is -4.20. The number of nitrogens with zero attached hydrogens (tertiary/aromatic N) is 4. The Bertz CT molecular complexity index is 1430. The molecule has 9 nitrogen and oxygen atoms in total. The molecule has 1 saturated heterocycles. The number of rotatable bonds is 7. The lowest BCUT2D eigenvalue weighted by atomic mass is 10.0. The van der Waals surface area contributed by atoms with E-state index in [1.165, 1.54) is 6.07 Å². The first-order valence-electron chi connectivity index (χ1n) is 11.3. The van der Waals surface area contributed by atoms with E-state index in [9.17, 15) is 15.2 Å². The van der Waals surface area contributed by atoms with E-state index >= 15 is 0 Å². The van der Waals surface area contributed by atoms with Gasteiger partial charge in [0.05, 0.1) is 35.4 Å². The molecular weight excluding hydrogens is 480 g/mol. The number of aromatic nitrogens is 2. The highest BCUT2D eigenvalue weighted by Crippen LogP contribution is 2.35. The van der Waals surface area contributed by atoms with Crippen LogP contribution in [0.15, 0.2) is 52.4 Å². The second-order valence-electron chi connectivity index (χ2n) is 8.22. The zero-order valence-corrected chi connectivity index (χ0v) is 20.2. The maximum atomic E-state index is 11.1. The Labute approximate surface area is 211 Å². The fourth-order valence-corrected chi connectivity index (χ4v) is 4.67. The summed E-state index contributed by atoms with van der Waals surface area (Å²) in [4.78, 5) is 18.1. The minimum atomic E-state index is -1.24. The van der Waals surface area contributed by atoms with Crippen molar-refractivity contribution in [2.75, 3.05) is 31.2 Å². The Balaban J connectivity index is 1.51. The smallest absolute Gasteiger partial charge is 0.233 e. The highest BCUT2D eigenvalue weighted by atomic mass is 32.1. The van der Waals surface area contributed by atoms with E-state index < -0.39 is 5.97 Å². The molecule has 0 spiro atoms. The Morgan fingerprint density at radius 3 is 2.64 bits per heavy atom. The normalized spacial score (nSPS) is 13.4. The molecule has 0 N–H and O–H groups in total. The maximum absolute atomic E-state index is 11.1. The lowest BCUT2D eigenvalue weighted by Crippen LogP contribution is -2.36. The molecule has 0 radical (unpaired) electrons. The molecule has 0 aliphatic carbocycles. The largest absolute Gasteiger partial charge is 0.544 e. The molecule has 1 aliphatic heterocycles. The summed E-state index contributed by atoms with van der Waals surface area (Å²) >= 11 is 1.06. The first-order valence-corrected chi connectivity index (χ1v) is 12.1. The standard InChI is InChI=1S/C26H22N4O5S/c1-16-10-23(35-29-16)20-12-22(18-2-4-19(5-3-18)30-6-8-33-9-7-30)28-25(21(20)13-27)34-14-17-11-24(26(31)32)36-15-17/h2-5,10-12,15H,6-9,14H2,1H3,(H,31,32)/p-1. The van der Waals surface area contributed by atoms with Crippen molar-refractivity contribution in [3.05, 3.63) is 69.5 Å². The van der Waals surface area contributed by atoms with Crippen molar-refractivity contribution in [1.82, 2.24) is 10.1 Å². The number of aromatic carboxylic acids is 1. The highest BCUT2D eigenvalue weighted by Gasteiger charge is 2.20. The molecule has 5 rings (SSSR count). The number of aryl methyl sites for hydroxylation is 1. The van der Waals surface area contributed by atoms with Gasteiger partial charge < -0.3 is 28.8 Å². The number of hydrogen-bond donors (Lipinski definition) is 0. The molecule has 0 atom stereocenters. The predicted molar refractivity (Wildman–Crippen MR) is 131 cm³/mol. The summed E-state index contributed by atoms with van der Waals surface area (Å²) < 4.78 is 16.8. The van der Waals surface area contributed by atoms with Gasteiger partial charge in [-0.05, 0) is 36.6 Å². The van der Waals surface area contributed by atoms with Crippen LogP contribution in [0.25, 0.3) is 22.6 Å². The third-order valence-corrected chi connectivity index (χ3v) is 6.72. The number of ether oxygens (including phenoxy) is 2. The van der Waals surface area contributed by atoms with Crippen LogP contribution < -0.4 is 14.7 Å². The Kier molecular flexibility index (Phi) is 6.66. The van der Waals surface area contributed by atoms with Gasteiger partial charge in [-0.3, -0.25) is 0 Å². The predicted octanol–water partition coefficient (Wildman–Crippen LogP) is 3.42. The van der Waals surface area contributed by atoms with Crippen LogP contribution in [-0.4, -0.2) is 42.4 Å². The van der Waals surface area contributed by atoms with Gasteiger partial charge in [0.15, 0.2) is 5.76 Å². The van der Waals surface area contributed by atoms with Gasteiger partial charge in [-0.25, -0.2) is 4.98 Å². The number of anilines is 1. The maximum Gasteiger partial charge on any atom is 0.233 e. The molecule has 1 aromatic carbocycles. The van der Waals surface area contributed by atoms with E-state index in [0.29, 0.717) is 41.5 Å². The monoisotopic (exact) mass is 501 g/mol. The van der Waals surface area contributed by atoms with Crippen molar-refractivity contribution in [2.45, 2.75) is 13.5 Å².